The first-order valence-electron chi connectivity index (χ1n) is 4.13. The van der Waals surface area contributed by atoms with Gasteiger partial charge < -0.3 is 10.1 Å². The van der Waals surface area contributed by atoms with Crippen molar-refractivity contribution in [1.29, 1.82) is 0 Å². The minimum atomic E-state index is -4.40. The average Bonchev–Trinajstić information content (AvgIpc) is 1.98. The summed E-state index contributed by atoms with van der Waals surface area (Å²) in [7, 11) is 0. The third-order valence-electron chi connectivity index (χ3n) is 1.27. The Morgan fingerprint density at radius 2 is 1.47 bits per heavy atom. The molecule has 0 bridgehead atoms. The molecule has 0 spiro atoms. The first-order chi connectivity index (χ1) is 6.71. The van der Waals surface area contributed by atoms with E-state index in [1.807, 2.05) is 0 Å². The lowest BCUT2D eigenvalue weighted by Gasteiger charge is -2.09. The summed E-state index contributed by atoms with van der Waals surface area (Å²) < 4.78 is 73.3. The maximum absolute atomic E-state index is 11.6. The van der Waals surface area contributed by atoms with E-state index in [-0.39, 0.29) is 19.7 Å². The highest BCUT2D eigenvalue weighted by atomic mass is 19.4. The van der Waals surface area contributed by atoms with Crippen LogP contribution in [0.5, 0.6) is 0 Å². The Kier molecular flexibility index (Phi) is 5.96. The van der Waals surface area contributed by atoms with E-state index in [1.165, 1.54) is 0 Å². The van der Waals surface area contributed by atoms with Gasteiger partial charge in [-0.05, 0) is 0 Å². The first kappa shape index (κ1) is 14.5. The number of nitrogens with one attached hydrogen (secondary N) is 1. The highest BCUT2D eigenvalue weighted by Crippen LogP contribution is 2.18. The summed E-state index contributed by atoms with van der Waals surface area (Å²) in [6, 6.07) is 0. The molecule has 1 N–H and O–H groups in total. The maximum atomic E-state index is 11.6. The molecule has 0 rings (SSSR count). The Labute approximate surface area is 82.6 Å². The predicted octanol–water partition coefficient (Wildman–Crippen LogP) is 2.11. The standard InChI is InChI=1S/C7H11F6NO/c8-6(9,10)1-2-14-3-4-15-5-7(11,12)13/h14H,1-5H2. The van der Waals surface area contributed by atoms with Crippen molar-refractivity contribution in [2.75, 3.05) is 26.3 Å². The molecule has 0 unspecified atom stereocenters. The van der Waals surface area contributed by atoms with E-state index in [9.17, 15) is 26.3 Å². The van der Waals surface area contributed by atoms with Crippen molar-refractivity contribution in [3.63, 3.8) is 0 Å². The van der Waals surface area contributed by atoms with Crippen LogP contribution in [0.4, 0.5) is 26.3 Å². The quantitative estimate of drug-likeness (QED) is 0.566. The smallest absolute Gasteiger partial charge is 0.371 e. The molecule has 0 saturated carbocycles. The van der Waals surface area contributed by atoms with Gasteiger partial charge >= 0.3 is 12.4 Å². The van der Waals surface area contributed by atoms with Crippen molar-refractivity contribution < 1.29 is 31.1 Å². The van der Waals surface area contributed by atoms with Gasteiger partial charge in [-0.1, -0.05) is 0 Å². The van der Waals surface area contributed by atoms with Gasteiger partial charge in [0.2, 0.25) is 0 Å². The van der Waals surface area contributed by atoms with Gasteiger partial charge in [0.05, 0.1) is 13.0 Å². The van der Waals surface area contributed by atoms with Gasteiger partial charge in [0, 0.05) is 13.1 Å². The Morgan fingerprint density at radius 1 is 0.867 bits per heavy atom. The van der Waals surface area contributed by atoms with Crippen LogP contribution in [0.25, 0.3) is 0 Å². The number of hydrogen-bond acceptors (Lipinski definition) is 2. The van der Waals surface area contributed by atoms with Crippen molar-refractivity contribution >= 4 is 0 Å². The fraction of sp³-hybridized carbons (Fsp3) is 1.00. The molecule has 0 aromatic rings. The molecule has 0 atom stereocenters. The van der Waals surface area contributed by atoms with Gasteiger partial charge in [-0.2, -0.15) is 26.3 Å². The van der Waals surface area contributed by atoms with Crippen molar-refractivity contribution in [3.8, 4) is 0 Å². The minimum Gasteiger partial charge on any atom is -0.371 e. The van der Waals surface area contributed by atoms with Crippen LogP contribution in [-0.2, 0) is 4.74 Å². The number of alkyl halides is 6. The molecule has 15 heavy (non-hydrogen) atoms. The van der Waals surface area contributed by atoms with Crippen LogP contribution in [0.15, 0.2) is 0 Å². The summed E-state index contributed by atoms with van der Waals surface area (Å²) in [6.45, 7) is -2.00. The summed E-state index contributed by atoms with van der Waals surface area (Å²) in [6.07, 6.45) is -9.65. The van der Waals surface area contributed by atoms with Crippen LogP contribution >= 0.6 is 0 Å². The third-order valence-corrected chi connectivity index (χ3v) is 1.27. The lowest BCUT2D eigenvalue weighted by atomic mass is 10.4. The van der Waals surface area contributed by atoms with Crippen LogP contribution in [0.3, 0.4) is 0 Å². The Morgan fingerprint density at radius 3 is 1.93 bits per heavy atom. The highest BCUT2D eigenvalue weighted by molar-refractivity contribution is 4.54. The normalized spacial score (nSPS) is 13.2. The maximum Gasteiger partial charge on any atom is 0.411 e. The van der Waals surface area contributed by atoms with E-state index in [2.05, 4.69) is 10.1 Å². The predicted molar refractivity (Wildman–Crippen MR) is 40.4 cm³/mol. The van der Waals surface area contributed by atoms with Crippen molar-refractivity contribution in [2.24, 2.45) is 0 Å². The molecule has 0 aliphatic rings. The van der Waals surface area contributed by atoms with E-state index < -0.39 is 25.4 Å². The monoisotopic (exact) mass is 239 g/mol. The fourth-order valence-corrected chi connectivity index (χ4v) is 0.687. The molecule has 0 radical (unpaired) electrons. The molecule has 0 heterocycles. The molecule has 0 fully saturated rings. The van der Waals surface area contributed by atoms with E-state index in [0.29, 0.717) is 0 Å². The van der Waals surface area contributed by atoms with Gasteiger partial charge in [-0.3, -0.25) is 0 Å². The van der Waals surface area contributed by atoms with E-state index in [0.717, 1.165) is 0 Å². The molecular formula is C7H11F6NO. The molecule has 2 nitrogen and oxygen atoms in total. The average molecular weight is 239 g/mol. The van der Waals surface area contributed by atoms with Crippen LogP contribution in [0, 0.1) is 0 Å². The molecular weight excluding hydrogens is 228 g/mol. The molecule has 0 aromatic heterocycles. The van der Waals surface area contributed by atoms with Crippen molar-refractivity contribution in [3.05, 3.63) is 0 Å². The lowest BCUT2D eigenvalue weighted by molar-refractivity contribution is -0.173. The molecule has 0 aliphatic carbocycles. The molecule has 92 valence electrons. The third kappa shape index (κ3) is 13.5. The Hall–Kier alpha value is -0.500. The number of hydrogen-bond donors (Lipinski definition) is 1. The molecule has 0 saturated heterocycles. The molecule has 0 amide bonds. The van der Waals surface area contributed by atoms with Crippen LogP contribution in [0.2, 0.25) is 0 Å². The number of ether oxygens (including phenoxy) is 1. The first-order valence-corrected chi connectivity index (χ1v) is 4.13. The number of rotatable bonds is 6. The molecule has 0 aliphatic heterocycles. The second-order valence-corrected chi connectivity index (χ2v) is 2.78. The minimum absolute atomic E-state index is 0.0356. The summed E-state index contributed by atoms with van der Waals surface area (Å²) in [4.78, 5) is 0. The fourth-order valence-electron chi connectivity index (χ4n) is 0.687. The van der Waals surface area contributed by atoms with Crippen LogP contribution < -0.4 is 5.32 Å². The summed E-state index contributed by atoms with van der Waals surface area (Å²) in [5.74, 6) is 0. The second-order valence-electron chi connectivity index (χ2n) is 2.78. The van der Waals surface area contributed by atoms with Gasteiger partial charge in [-0.15, -0.1) is 0 Å². The van der Waals surface area contributed by atoms with Crippen LogP contribution in [0.1, 0.15) is 6.42 Å². The Bertz CT molecular complexity index is 148. The Balaban J connectivity index is 3.20. The van der Waals surface area contributed by atoms with Crippen molar-refractivity contribution in [1.82, 2.24) is 5.32 Å². The van der Waals surface area contributed by atoms with E-state index in [4.69, 9.17) is 0 Å². The summed E-state index contributed by atoms with van der Waals surface area (Å²) in [5, 5.41) is 2.32. The van der Waals surface area contributed by atoms with Gasteiger partial charge in [0.1, 0.15) is 6.61 Å². The summed E-state index contributed by atoms with van der Waals surface area (Å²) >= 11 is 0. The van der Waals surface area contributed by atoms with Gasteiger partial charge in [0.25, 0.3) is 0 Å². The lowest BCUT2D eigenvalue weighted by Crippen LogP contribution is -2.26. The van der Waals surface area contributed by atoms with E-state index >= 15 is 0 Å². The second kappa shape index (κ2) is 6.16. The largest absolute Gasteiger partial charge is 0.411 e. The zero-order valence-electron chi connectivity index (χ0n) is 7.71. The van der Waals surface area contributed by atoms with Gasteiger partial charge in [-0.25, -0.2) is 0 Å². The molecule has 8 heteroatoms. The number of halogens is 6. The zero-order valence-corrected chi connectivity index (χ0v) is 7.71. The molecule has 0 aromatic carbocycles. The topological polar surface area (TPSA) is 21.3 Å². The zero-order chi connectivity index (χ0) is 11.9. The van der Waals surface area contributed by atoms with E-state index in [1.54, 1.807) is 0 Å². The van der Waals surface area contributed by atoms with Crippen LogP contribution in [-0.4, -0.2) is 38.7 Å². The SMILES string of the molecule is FC(F)(F)CCNCCOCC(F)(F)F. The van der Waals surface area contributed by atoms with Crippen molar-refractivity contribution in [2.45, 2.75) is 18.8 Å². The highest BCUT2D eigenvalue weighted by Gasteiger charge is 2.27. The van der Waals surface area contributed by atoms with Gasteiger partial charge in [0.15, 0.2) is 0 Å². The summed E-state index contributed by atoms with van der Waals surface area (Å²) in [5.41, 5.74) is 0.